The molecule has 1 heterocycles. The fraction of sp³-hybridized carbons (Fsp3) is 0.0870. The molecule has 2 nitrogen and oxygen atoms in total. The summed E-state index contributed by atoms with van der Waals surface area (Å²) in [7, 11) is 0. The summed E-state index contributed by atoms with van der Waals surface area (Å²) in [6, 6.07) is 26.9. The summed E-state index contributed by atoms with van der Waals surface area (Å²) >= 11 is 1.78. The molecule has 26 heavy (non-hydrogen) atoms. The van der Waals surface area contributed by atoms with Gasteiger partial charge >= 0.3 is 0 Å². The topological polar surface area (TPSA) is 35.9 Å². The van der Waals surface area contributed by atoms with E-state index in [1.165, 1.54) is 15.1 Å². The first kappa shape index (κ1) is 16.6. The van der Waals surface area contributed by atoms with Crippen LogP contribution >= 0.6 is 11.3 Å². The van der Waals surface area contributed by atoms with Crippen molar-refractivity contribution in [3.05, 3.63) is 90.0 Å². The maximum atomic E-state index is 8.85. The maximum absolute atomic E-state index is 8.85. The van der Waals surface area contributed by atoms with Crippen molar-refractivity contribution in [1.29, 1.82) is 5.41 Å². The zero-order valence-electron chi connectivity index (χ0n) is 14.6. The van der Waals surface area contributed by atoms with E-state index >= 15 is 0 Å². The van der Waals surface area contributed by atoms with Crippen LogP contribution in [0, 0.1) is 5.41 Å². The highest BCUT2D eigenvalue weighted by molar-refractivity contribution is 7.22. The summed E-state index contributed by atoms with van der Waals surface area (Å²) in [5, 5.41) is 13.4. The predicted octanol–water partition coefficient (Wildman–Crippen LogP) is 6.42. The molecule has 3 aromatic carbocycles. The van der Waals surface area contributed by atoms with Crippen LogP contribution in [0.15, 0.2) is 78.9 Å². The SMILES string of the molecule is CCNc1ccc2sc(-c3ccccc3)cc2c1C(=N)c1ccccc1. The van der Waals surface area contributed by atoms with Crippen molar-refractivity contribution < 1.29 is 0 Å². The van der Waals surface area contributed by atoms with E-state index in [1.54, 1.807) is 11.3 Å². The molecule has 0 atom stereocenters. The minimum atomic E-state index is 0.560. The molecule has 0 unspecified atom stereocenters. The van der Waals surface area contributed by atoms with Crippen molar-refractivity contribution in [3.8, 4) is 10.4 Å². The Labute approximate surface area is 157 Å². The third kappa shape index (κ3) is 3.02. The van der Waals surface area contributed by atoms with Crippen molar-refractivity contribution in [2.75, 3.05) is 11.9 Å². The molecule has 1 aromatic heterocycles. The van der Waals surface area contributed by atoms with Crippen LogP contribution in [-0.2, 0) is 0 Å². The zero-order valence-corrected chi connectivity index (χ0v) is 15.4. The van der Waals surface area contributed by atoms with Crippen LogP contribution in [-0.4, -0.2) is 12.3 Å². The van der Waals surface area contributed by atoms with Gasteiger partial charge in [0.15, 0.2) is 0 Å². The second kappa shape index (κ2) is 7.14. The molecule has 0 amide bonds. The number of hydrogen-bond donors (Lipinski definition) is 2. The van der Waals surface area contributed by atoms with E-state index in [-0.39, 0.29) is 0 Å². The van der Waals surface area contributed by atoms with E-state index in [9.17, 15) is 0 Å². The third-order valence-electron chi connectivity index (χ3n) is 4.44. The van der Waals surface area contributed by atoms with Gasteiger partial charge < -0.3 is 5.32 Å². The lowest BCUT2D eigenvalue weighted by Gasteiger charge is -2.13. The average molecular weight is 356 g/mol. The minimum absolute atomic E-state index is 0.560. The largest absolute Gasteiger partial charge is 0.385 e. The molecular weight excluding hydrogens is 336 g/mol. The van der Waals surface area contributed by atoms with Gasteiger partial charge in [-0.1, -0.05) is 60.7 Å². The summed E-state index contributed by atoms with van der Waals surface area (Å²) < 4.78 is 1.21. The van der Waals surface area contributed by atoms with E-state index in [0.29, 0.717) is 5.71 Å². The van der Waals surface area contributed by atoms with Gasteiger partial charge in [-0.3, -0.25) is 5.41 Å². The molecule has 3 heteroatoms. The zero-order chi connectivity index (χ0) is 17.9. The first-order valence-electron chi connectivity index (χ1n) is 8.78. The second-order valence-corrected chi connectivity index (χ2v) is 7.23. The second-order valence-electron chi connectivity index (χ2n) is 6.15. The van der Waals surface area contributed by atoms with Crippen LogP contribution in [0.2, 0.25) is 0 Å². The smallest absolute Gasteiger partial charge is 0.0711 e. The van der Waals surface area contributed by atoms with Crippen LogP contribution < -0.4 is 5.32 Å². The van der Waals surface area contributed by atoms with E-state index < -0.39 is 0 Å². The van der Waals surface area contributed by atoms with Crippen LogP contribution in [0.3, 0.4) is 0 Å². The summed E-state index contributed by atoms with van der Waals surface area (Å²) in [4.78, 5) is 1.23. The Morgan fingerprint density at radius 3 is 2.31 bits per heavy atom. The lowest BCUT2D eigenvalue weighted by atomic mass is 9.97. The molecule has 4 aromatic rings. The minimum Gasteiger partial charge on any atom is -0.385 e. The number of hydrogen-bond acceptors (Lipinski definition) is 3. The molecule has 0 saturated carbocycles. The number of benzene rings is 3. The molecule has 0 fully saturated rings. The molecule has 128 valence electrons. The highest BCUT2D eigenvalue weighted by atomic mass is 32.1. The maximum Gasteiger partial charge on any atom is 0.0711 e. The van der Waals surface area contributed by atoms with Gasteiger partial charge in [-0.05, 0) is 30.7 Å². The van der Waals surface area contributed by atoms with Gasteiger partial charge in [-0.2, -0.15) is 0 Å². The van der Waals surface area contributed by atoms with Crippen molar-refractivity contribution in [2.24, 2.45) is 0 Å². The molecule has 0 aliphatic heterocycles. The van der Waals surface area contributed by atoms with E-state index in [1.807, 2.05) is 36.4 Å². The fourth-order valence-electron chi connectivity index (χ4n) is 3.21. The van der Waals surface area contributed by atoms with Crippen molar-refractivity contribution in [3.63, 3.8) is 0 Å². The summed E-state index contributed by atoms with van der Waals surface area (Å²) in [6.07, 6.45) is 0. The van der Waals surface area contributed by atoms with Crippen molar-refractivity contribution >= 4 is 32.8 Å². The highest BCUT2D eigenvalue weighted by Crippen LogP contribution is 2.38. The number of fused-ring (bicyclic) bond motifs is 1. The number of thiophene rings is 1. The molecule has 0 spiro atoms. The first-order chi connectivity index (χ1) is 12.8. The monoisotopic (exact) mass is 356 g/mol. The van der Waals surface area contributed by atoms with Crippen LogP contribution in [0.1, 0.15) is 18.1 Å². The molecule has 0 bridgehead atoms. The number of rotatable bonds is 5. The fourth-order valence-corrected chi connectivity index (χ4v) is 4.29. The molecule has 0 aliphatic rings. The Morgan fingerprint density at radius 1 is 0.923 bits per heavy atom. The number of nitrogens with one attached hydrogen (secondary N) is 2. The summed E-state index contributed by atoms with van der Waals surface area (Å²) in [6.45, 7) is 2.92. The Balaban J connectivity index is 1.92. The quantitative estimate of drug-likeness (QED) is 0.398. The Morgan fingerprint density at radius 2 is 1.62 bits per heavy atom. The van der Waals surface area contributed by atoms with Gasteiger partial charge in [0.25, 0.3) is 0 Å². The molecule has 0 radical (unpaired) electrons. The predicted molar refractivity (Wildman–Crippen MR) is 114 cm³/mol. The van der Waals surface area contributed by atoms with Crippen molar-refractivity contribution in [2.45, 2.75) is 6.92 Å². The van der Waals surface area contributed by atoms with Gasteiger partial charge in [0.05, 0.1) is 5.71 Å². The molecule has 4 rings (SSSR count). The van der Waals surface area contributed by atoms with Gasteiger partial charge in [-0.15, -0.1) is 11.3 Å². The normalized spacial score (nSPS) is 10.8. The van der Waals surface area contributed by atoms with Gasteiger partial charge in [-0.25, -0.2) is 0 Å². The third-order valence-corrected chi connectivity index (χ3v) is 5.59. The Hall–Kier alpha value is -2.91. The van der Waals surface area contributed by atoms with Crippen LogP contribution in [0.4, 0.5) is 5.69 Å². The van der Waals surface area contributed by atoms with E-state index in [4.69, 9.17) is 5.41 Å². The lowest BCUT2D eigenvalue weighted by molar-refractivity contribution is 1.21. The standard InChI is InChI=1S/C23H20N2S/c1-2-25-19-13-14-20-18(15-21(26-20)16-9-5-3-6-10-16)22(19)23(24)17-11-7-4-8-12-17/h3-15,24-25H,2H2,1H3. The molecule has 2 N–H and O–H groups in total. The Kier molecular flexibility index (Phi) is 4.55. The van der Waals surface area contributed by atoms with E-state index in [2.05, 4.69) is 54.7 Å². The molecule has 0 aliphatic carbocycles. The lowest BCUT2D eigenvalue weighted by Crippen LogP contribution is -2.08. The summed E-state index contributed by atoms with van der Waals surface area (Å²) in [5.74, 6) is 0. The molecule has 0 saturated heterocycles. The van der Waals surface area contributed by atoms with Crippen LogP contribution in [0.25, 0.3) is 20.5 Å². The first-order valence-corrected chi connectivity index (χ1v) is 9.59. The van der Waals surface area contributed by atoms with E-state index in [0.717, 1.165) is 28.7 Å². The number of anilines is 1. The van der Waals surface area contributed by atoms with Gasteiger partial charge in [0, 0.05) is 38.3 Å². The van der Waals surface area contributed by atoms with Gasteiger partial charge in [0.1, 0.15) is 0 Å². The van der Waals surface area contributed by atoms with Gasteiger partial charge in [0.2, 0.25) is 0 Å². The Bertz CT molecular complexity index is 1050. The average Bonchev–Trinajstić information content (AvgIpc) is 3.13. The highest BCUT2D eigenvalue weighted by Gasteiger charge is 2.16. The van der Waals surface area contributed by atoms with Crippen LogP contribution in [0.5, 0.6) is 0 Å². The van der Waals surface area contributed by atoms with Crippen molar-refractivity contribution in [1.82, 2.24) is 0 Å². The molecular formula is C23H20N2S. The summed E-state index contributed by atoms with van der Waals surface area (Å²) in [5.41, 5.74) is 4.72.